The molecule has 4 atom stereocenters. The van der Waals surface area contributed by atoms with Gasteiger partial charge < -0.3 is 14.2 Å². The van der Waals surface area contributed by atoms with Gasteiger partial charge in [-0.05, 0) is 19.3 Å². The van der Waals surface area contributed by atoms with Gasteiger partial charge >= 0.3 is 5.97 Å². The smallest absolute Gasteiger partial charge is 0.331 e. The topological polar surface area (TPSA) is 74.7 Å². The molecular formula is C18H23NO5S. The Balaban J connectivity index is 1.73. The second kappa shape index (κ2) is 7.66. The number of carbonyl (C=O) groups excluding carboxylic acids is 2. The molecular weight excluding hydrogens is 342 g/mol. The predicted octanol–water partition coefficient (Wildman–Crippen LogP) is 2.75. The first-order valence-corrected chi connectivity index (χ1v) is 9.42. The van der Waals surface area contributed by atoms with Crippen molar-refractivity contribution in [2.24, 2.45) is 11.8 Å². The van der Waals surface area contributed by atoms with Crippen molar-refractivity contribution < 1.29 is 23.8 Å². The van der Waals surface area contributed by atoms with E-state index in [1.54, 1.807) is 6.26 Å². The van der Waals surface area contributed by atoms with E-state index in [-0.39, 0.29) is 42.4 Å². The summed E-state index contributed by atoms with van der Waals surface area (Å²) in [6.45, 7) is 3.92. The van der Waals surface area contributed by atoms with Crippen LogP contribution in [0.2, 0.25) is 0 Å². The lowest BCUT2D eigenvalue weighted by Crippen LogP contribution is -2.46. The normalized spacial score (nSPS) is 28.8. The van der Waals surface area contributed by atoms with Crippen LogP contribution in [0.5, 0.6) is 0 Å². The zero-order valence-electron chi connectivity index (χ0n) is 14.7. The van der Waals surface area contributed by atoms with Crippen LogP contribution in [-0.2, 0) is 23.8 Å². The number of nitrogens with zero attached hydrogens (tertiary/aromatic N) is 1. The molecule has 0 amide bonds. The second-order valence-corrected chi connectivity index (χ2v) is 7.39. The standard InChI is InChI=1S/C18H23NO5S/c1-4-11-5-12-15(6-14(11)24-8-16(20)22-3)23-7-13(17(12)21)18-19-10(2)9-25-18/h7,9,11-12,14-15H,4-6,8H2,1-3H3. The van der Waals surface area contributed by atoms with Crippen molar-refractivity contribution in [1.29, 1.82) is 0 Å². The summed E-state index contributed by atoms with van der Waals surface area (Å²) in [6, 6.07) is 0. The van der Waals surface area contributed by atoms with Crippen molar-refractivity contribution in [2.45, 2.75) is 45.3 Å². The van der Waals surface area contributed by atoms with Crippen molar-refractivity contribution in [1.82, 2.24) is 4.98 Å². The number of allylic oxidation sites excluding steroid dienone is 1. The fourth-order valence-corrected chi connectivity index (χ4v) is 4.36. The van der Waals surface area contributed by atoms with E-state index in [0.29, 0.717) is 18.4 Å². The van der Waals surface area contributed by atoms with Crippen LogP contribution in [-0.4, -0.2) is 42.7 Å². The Bertz CT molecular complexity index is 683. The molecule has 0 radical (unpaired) electrons. The summed E-state index contributed by atoms with van der Waals surface area (Å²) in [5, 5.41) is 2.65. The van der Waals surface area contributed by atoms with Crippen LogP contribution in [0.15, 0.2) is 11.6 Å². The molecule has 0 saturated heterocycles. The van der Waals surface area contributed by atoms with Crippen molar-refractivity contribution in [2.75, 3.05) is 13.7 Å². The van der Waals surface area contributed by atoms with Gasteiger partial charge in [0.15, 0.2) is 5.78 Å². The third-order valence-corrected chi connectivity index (χ3v) is 5.97. The van der Waals surface area contributed by atoms with Gasteiger partial charge in [0.05, 0.1) is 31.0 Å². The molecule has 1 aromatic rings. The number of carbonyl (C=O) groups is 2. The van der Waals surface area contributed by atoms with E-state index in [4.69, 9.17) is 9.47 Å². The van der Waals surface area contributed by atoms with E-state index in [2.05, 4.69) is 16.6 Å². The Morgan fingerprint density at radius 1 is 1.44 bits per heavy atom. The fraction of sp³-hybridized carbons (Fsp3) is 0.611. The van der Waals surface area contributed by atoms with Crippen LogP contribution in [0.25, 0.3) is 5.57 Å². The van der Waals surface area contributed by atoms with Gasteiger partial charge in [-0.15, -0.1) is 11.3 Å². The summed E-state index contributed by atoms with van der Waals surface area (Å²) >= 11 is 1.46. The summed E-state index contributed by atoms with van der Waals surface area (Å²) in [6.07, 6.45) is 3.43. The first-order chi connectivity index (χ1) is 12.0. The number of fused-ring (bicyclic) bond motifs is 1. The van der Waals surface area contributed by atoms with Gasteiger partial charge in [0, 0.05) is 17.5 Å². The minimum Gasteiger partial charge on any atom is -0.496 e. The average molecular weight is 365 g/mol. The van der Waals surface area contributed by atoms with Gasteiger partial charge in [-0.2, -0.15) is 0 Å². The Morgan fingerprint density at radius 3 is 2.88 bits per heavy atom. The summed E-state index contributed by atoms with van der Waals surface area (Å²) in [7, 11) is 1.34. The van der Waals surface area contributed by atoms with Gasteiger partial charge in [0.1, 0.15) is 17.7 Å². The SMILES string of the molecule is CCC1CC2C(=O)C(c3nc(C)cs3)=COC2CC1OCC(=O)OC. The Hall–Kier alpha value is -1.73. The number of hydrogen-bond donors (Lipinski definition) is 0. The molecule has 25 heavy (non-hydrogen) atoms. The molecule has 7 heteroatoms. The molecule has 1 aliphatic heterocycles. The molecule has 2 heterocycles. The summed E-state index contributed by atoms with van der Waals surface area (Å²) in [4.78, 5) is 28.7. The molecule has 136 valence electrons. The number of esters is 1. The highest BCUT2D eigenvalue weighted by molar-refractivity contribution is 7.11. The average Bonchev–Trinajstić information content (AvgIpc) is 3.05. The molecule has 0 spiro atoms. The molecule has 0 N–H and O–H groups in total. The zero-order chi connectivity index (χ0) is 18.0. The molecule has 1 aliphatic carbocycles. The third kappa shape index (κ3) is 3.77. The number of thiazole rings is 1. The van der Waals surface area contributed by atoms with Crippen molar-refractivity contribution >= 4 is 28.7 Å². The quantitative estimate of drug-likeness (QED) is 0.747. The maximum atomic E-state index is 13.0. The van der Waals surface area contributed by atoms with Crippen LogP contribution in [0.4, 0.5) is 0 Å². The highest BCUT2D eigenvalue weighted by atomic mass is 32.1. The van der Waals surface area contributed by atoms with Crippen molar-refractivity contribution in [3.8, 4) is 0 Å². The second-order valence-electron chi connectivity index (χ2n) is 6.54. The molecule has 1 aromatic heterocycles. The molecule has 4 unspecified atom stereocenters. The lowest BCUT2D eigenvalue weighted by molar-refractivity contribution is -0.154. The van der Waals surface area contributed by atoms with Gasteiger partial charge in [-0.3, -0.25) is 4.79 Å². The number of ketones is 1. The Morgan fingerprint density at radius 2 is 2.24 bits per heavy atom. The molecule has 1 fully saturated rings. The Labute approximate surface area is 151 Å². The largest absolute Gasteiger partial charge is 0.496 e. The molecule has 1 saturated carbocycles. The highest BCUT2D eigenvalue weighted by Crippen LogP contribution is 2.41. The van der Waals surface area contributed by atoms with E-state index < -0.39 is 0 Å². The maximum absolute atomic E-state index is 13.0. The van der Waals surface area contributed by atoms with Gasteiger partial charge in [0.25, 0.3) is 0 Å². The van der Waals surface area contributed by atoms with Crippen LogP contribution in [0, 0.1) is 18.8 Å². The first kappa shape index (κ1) is 18.1. The number of Topliss-reactive ketones (excluding diaryl/α,β-unsaturated/α-hetero) is 1. The summed E-state index contributed by atoms with van der Waals surface area (Å²) < 4.78 is 16.2. The fourth-order valence-electron chi connectivity index (χ4n) is 3.56. The van der Waals surface area contributed by atoms with Gasteiger partial charge in [-0.1, -0.05) is 13.3 Å². The van der Waals surface area contributed by atoms with E-state index in [0.717, 1.165) is 17.1 Å². The van der Waals surface area contributed by atoms with Crippen LogP contribution < -0.4 is 0 Å². The van der Waals surface area contributed by atoms with Crippen molar-refractivity contribution in [3.63, 3.8) is 0 Å². The number of methoxy groups -OCH3 is 1. The third-order valence-electron chi connectivity index (χ3n) is 4.98. The van der Waals surface area contributed by atoms with Gasteiger partial charge in [-0.25, -0.2) is 9.78 Å². The zero-order valence-corrected chi connectivity index (χ0v) is 15.5. The van der Waals surface area contributed by atoms with Crippen LogP contribution in [0.3, 0.4) is 0 Å². The van der Waals surface area contributed by atoms with E-state index in [1.165, 1.54) is 18.4 Å². The minimum absolute atomic E-state index is 0.0670. The maximum Gasteiger partial charge on any atom is 0.331 e. The monoisotopic (exact) mass is 365 g/mol. The molecule has 6 nitrogen and oxygen atoms in total. The summed E-state index contributed by atoms with van der Waals surface area (Å²) in [5.41, 5.74) is 1.48. The molecule has 0 bridgehead atoms. The summed E-state index contributed by atoms with van der Waals surface area (Å²) in [5.74, 6) is -0.239. The van der Waals surface area contributed by atoms with Crippen LogP contribution >= 0.6 is 11.3 Å². The number of ether oxygens (including phenoxy) is 3. The predicted molar refractivity (Wildman–Crippen MR) is 93.0 cm³/mol. The number of aryl methyl sites for hydroxylation is 1. The molecule has 2 aliphatic rings. The number of hydrogen-bond acceptors (Lipinski definition) is 7. The molecule has 3 rings (SSSR count). The Kier molecular flexibility index (Phi) is 5.54. The molecule has 0 aromatic carbocycles. The van der Waals surface area contributed by atoms with Crippen LogP contribution in [0.1, 0.15) is 36.9 Å². The van der Waals surface area contributed by atoms with Gasteiger partial charge in [0.2, 0.25) is 0 Å². The first-order valence-electron chi connectivity index (χ1n) is 8.54. The number of aromatic nitrogens is 1. The van der Waals surface area contributed by atoms with E-state index >= 15 is 0 Å². The lowest BCUT2D eigenvalue weighted by Gasteiger charge is -2.41. The van der Waals surface area contributed by atoms with Crippen molar-refractivity contribution in [3.05, 3.63) is 22.3 Å². The van der Waals surface area contributed by atoms with E-state index in [1.807, 2.05) is 12.3 Å². The lowest BCUT2D eigenvalue weighted by atomic mass is 9.72. The number of rotatable bonds is 5. The highest BCUT2D eigenvalue weighted by Gasteiger charge is 2.45. The van der Waals surface area contributed by atoms with E-state index in [9.17, 15) is 9.59 Å². The minimum atomic E-state index is -0.390.